The summed E-state index contributed by atoms with van der Waals surface area (Å²) in [6.07, 6.45) is 2.97. The molecule has 3 nitrogen and oxygen atoms in total. The lowest BCUT2D eigenvalue weighted by Crippen LogP contribution is -2.46. The Labute approximate surface area is 139 Å². The zero-order chi connectivity index (χ0) is 16.1. The standard InChI is InChI=1S/C20H28N2O/c1-17(2)19(20-9-6-16-23-20)10-11-21-12-14-22(15-13-21)18-7-4-3-5-8-18/h3-9,16-17,19H,10-15H2,1-2H3/t19-/m1/s1. The van der Waals surface area contributed by atoms with Crippen LogP contribution in [0, 0.1) is 5.92 Å². The average molecular weight is 312 g/mol. The average Bonchev–Trinajstić information content (AvgIpc) is 3.10. The van der Waals surface area contributed by atoms with Crippen molar-refractivity contribution in [3.05, 3.63) is 54.5 Å². The first-order chi connectivity index (χ1) is 11.2. The summed E-state index contributed by atoms with van der Waals surface area (Å²) in [5, 5.41) is 0. The molecule has 2 aromatic rings. The van der Waals surface area contributed by atoms with E-state index in [4.69, 9.17) is 4.42 Å². The van der Waals surface area contributed by atoms with Gasteiger partial charge >= 0.3 is 0 Å². The Bertz CT molecular complexity index is 557. The Balaban J connectivity index is 1.49. The molecule has 1 aliphatic rings. The first-order valence-electron chi connectivity index (χ1n) is 8.80. The lowest BCUT2D eigenvalue weighted by atomic mass is 9.90. The molecule has 0 bridgehead atoms. The van der Waals surface area contributed by atoms with Gasteiger partial charge in [0.25, 0.3) is 0 Å². The zero-order valence-corrected chi connectivity index (χ0v) is 14.3. The van der Waals surface area contributed by atoms with Crippen LogP contribution in [0.15, 0.2) is 53.1 Å². The monoisotopic (exact) mass is 312 g/mol. The van der Waals surface area contributed by atoms with E-state index in [-0.39, 0.29) is 0 Å². The fourth-order valence-corrected chi connectivity index (χ4v) is 3.50. The maximum atomic E-state index is 5.64. The minimum atomic E-state index is 0.525. The van der Waals surface area contributed by atoms with Crippen molar-refractivity contribution < 1.29 is 4.42 Å². The van der Waals surface area contributed by atoms with E-state index >= 15 is 0 Å². The van der Waals surface area contributed by atoms with Gasteiger partial charge in [0.15, 0.2) is 0 Å². The predicted molar refractivity (Wildman–Crippen MR) is 96.0 cm³/mol. The Hall–Kier alpha value is -1.74. The molecule has 0 aliphatic carbocycles. The van der Waals surface area contributed by atoms with Crippen molar-refractivity contribution >= 4 is 5.69 Å². The van der Waals surface area contributed by atoms with Gasteiger partial charge in [-0.25, -0.2) is 0 Å². The summed E-state index contributed by atoms with van der Waals surface area (Å²) in [5.41, 5.74) is 1.35. The number of para-hydroxylation sites is 1. The summed E-state index contributed by atoms with van der Waals surface area (Å²) < 4.78 is 5.64. The molecule has 1 aliphatic heterocycles. The number of benzene rings is 1. The lowest BCUT2D eigenvalue weighted by molar-refractivity contribution is 0.234. The smallest absolute Gasteiger partial charge is 0.107 e. The highest BCUT2D eigenvalue weighted by atomic mass is 16.3. The summed E-state index contributed by atoms with van der Waals surface area (Å²) in [6, 6.07) is 14.9. The Kier molecular flexibility index (Phi) is 5.39. The van der Waals surface area contributed by atoms with Gasteiger partial charge in [-0.3, -0.25) is 4.90 Å². The number of furan rings is 1. The minimum Gasteiger partial charge on any atom is -0.469 e. The normalized spacial score (nSPS) is 17.6. The molecule has 1 atom stereocenters. The van der Waals surface area contributed by atoms with Crippen molar-refractivity contribution in [1.82, 2.24) is 4.90 Å². The van der Waals surface area contributed by atoms with E-state index in [1.807, 2.05) is 6.07 Å². The predicted octanol–water partition coefficient (Wildman–Crippen LogP) is 4.23. The fourth-order valence-electron chi connectivity index (χ4n) is 3.50. The second kappa shape index (κ2) is 7.69. The summed E-state index contributed by atoms with van der Waals surface area (Å²) >= 11 is 0. The highest BCUT2D eigenvalue weighted by molar-refractivity contribution is 5.46. The molecule has 1 aromatic carbocycles. The number of nitrogens with zero attached hydrogens (tertiary/aromatic N) is 2. The molecule has 1 aromatic heterocycles. The Morgan fingerprint density at radius 1 is 0.957 bits per heavy atom. The second-order valence-electron chi connectivity index (χ2n) is 6.82. The molecule has 0 spiro atoms. The number of anilines is 1. The van der Waals surface area contributed by atoms with Crippen LogP contribution in [-0.4, -0.2) is 37.6 Å². The molecular weight excluding hydrogens is 284 g/mol. The SMILES string of the molecule is CC(C)[C@@H](CCN1CCN(c2ccccc2)CC1)c1ccco1. The molecule has 3 heteroatoms. The van der Waals surface area contributed by atoms with Gasteiger partial charge in [0.05, 0.1) is 6.26 Å². The molecule has 2 heterocycles. The van der Waals surface area contributed by atoms with Crippen LogP contribution in [0.1, 0.15) is 31.9 Å². The van der Waals surface area contributed by atoms with E-state index in [0.29, 0.717) is 11.8 Å². The van der Waals surface area contributed by atoms with Gasteiger partial charge in [-0.1, -0.05) is 32.0 Å². The highest BCUT2D eigenvalue weighted by Crippen LogP contribution is 2.28. The molecule has 0 amide bonds. The van der Waals surface area contributed by atoms with Crippen molar-refractivity contribution in [2.45, 2.75) is 26.2 Å². The van der Waals surface area contributed by atoms with E-state index in [1.165, 1.54) is 12.1 Å². The number of hydrogen-bond donors (Lipinski definition) is 0. The molecule has 0 N–H and O–H groups in total. The first kappa shape index (κ1) is 16.1. The third-order valence-corrected chi connectivity index (χ3v) is 4.96. The highest BCUT2D eigenvalue weighted by Gasteiger charge is 2.22. The molecule has 1 saturated heterocycles. The quantitative estimate of drug-likeness (QED) is 0.796. The summed E-state index contributed by atoms with van der Waals surface area (Å²) in [5.74, 6) is 2.28. The molecule has 0 unspecified atom stereocenters. The van der Waals surface area contributed by atoms with Gasteiger partial charge in [0.2, 0.25) is 0 Å². The molecule has 0 saturated carbocycles. The van der Waals surface area contributed by atoms with Crippen molar-refractivity contribution in [3.63, 3.8) is 0 Å². The molecular formula is C20H28N2O. The molecule has 1 fully saturated rings. The Morgan fingerprint density at radius 2 is 1.70 bits per heavy atom. The summed E-state index contributed by atoms with van der Waals surface area (Å²) in [6.45, 7) is 10.3. The van der Waals surface area contributed by atoms with Crippen LogP contribution >= 0.6 is 0 Å². The van der Waals surface area contributed by atoms with E-state index in [9.17, 15) is 0 Å². The molecule has 0 radical (unpaired) electrons. The fraction of sp³-hybridized carbons (Fsp3) is 0.500. The second-order valence-corrected chi connectivity index (χ2v) is 6.82. The van der Waals surface area contributed by atoms with E-state index in [1.54, 1.807) is 6.26 Å². The van der Waals surface area contributed by atoms with E-state index < -0.39 is 0 Å². The number of hydrogen-bond acceptors (Lipinski definition) is 3. The zero-order valence-electron chi connectivity index (χ0n) is 14.3. The van der Waals surface area contributed by atoms with Gasteiger partial charge < -0.3 is 9.32 Å². The van der Waals surface area contributed by atoms with Gasteiger partial charge in [0.1, 0.15) is 5.76 Å². The largest absolute Gasteiger partial charge is 0.469 e. The van der Waals surface area contributed by atoms with Crippen LogP contribution in [0.25, 0.3) is 0 Å². The maximum Gasteiger partial charge on any atom is 0.107 e. The van der Waals surface area contributed by atoms with Gasteiger partial charge in [-0.15, -0.1) is 0 Å². The topological polar surface area (TPSA) is 19.6 Å². The van der Waals surface area contributed by atoms with Gasteiger partial charge in [-0.2, -0.15) is 0 Å². The van der Waals surface area contributed by atoms with Crippen molar-refractivity contribution in [2.75, 3.05) is 37.6 Å². The van der Waals surface area contributed by atoms with Gasteiger partial charge in [-0.05, 0) is 43.1 Å². The number of rotatable bonds is 6. The van der Waals surface area contributed by atoms with E-state index in [2.05, 4.69) is 60.0 Å². The summed E-state index contributed by atoms with van der Waals surface area (Å²) in [7, 11) is 0. The van der Waals surface area contributed by atoms with E-state index in [0.717, 1.165) is 38.5 Å². The van der Waals surface area contributed by atoms with Crippen LogP contribution in [-0.2, 0) is 0 Å². The molecule has 23 heavy (non-hydrogen) atoms. The number of piperazine rings is 1. The third kappa shape index (κ3) is 4.17. The van der Waals surface area contributed by atoms with Crippen molar-refractivity contribution in [2.24, 2.45) is 5.92 Å². The van der Waals surface area contributed by atoms with Crippen molar-refractivity contribution in [1.29, 1.82) is 0 Å². The van der Waals surface area contributed by atoms with Gasteiger partial charge in [0, 0.05) is 37.8 Å². The molecule has 3 rings (SSSR count). The Morgan fingerprint density at radius 3 is 2.30 bits per heavy atom. The molecule has 124 valence electrons. The van der Waals surface area contributed by atoms with Crippen molar-refractivity contribution in [3.8, 4) is 0 Å². The minimum absolute atomic E-state index is 0.525. The van der Waals surface area contributed by atoms with Crippen LogP contribution in [0.4, 0.5) is 5.69 Å². The van der Waals surface area contributed by atoms with Crippen LogP contribution < -0.4 is 4.90 Å². The first-order valence-corrected chi connectivity index (χ1v) is 8.80. The van der Waals surface area contributed by atoms with Crippen LogP contribution in [0.2, 0.25) is 0 Å². The van der Waals surface area contributed by atoms with Crippen LogP contribution in [0.3, 0.4) is 0 Å². The third-order valence-electron chi connectivity index (χ3n) is 4.96. The lowest BCUT2D eigenvalue weighted by Gasteiger charge is -2.36. The maximum absolute atomic E-state index is 5.64. The summed E-state index contributed by atoms with van der Waals surface area (Å²) in [4.78, 5) is 5.08. The van der Waals surface area contributed by atoms with Crippen LogP contribution in [0.5, 0.6) is 0 Å².